The number of para-hydroxylation sites is 2. The molecule has 2 rings (SSSR count). The van der Waals surface area contributed by atoms with Gasteiger partial charge in [0.05, 0.1) is 19.4 Å². The van der Waals surface area contributed by atoms with E-state index in [1.165, 1.54) is 20.1 Å². The minimum absolute atomic E-state index is 0.103. The molecular weight excluding hydrogens is 360 g/mol. The number of hydrogen-bond donors (Lipinski definition) is 1. The zero-order chi connectivity index (χ0) is 20.5. The lowest BCUT2D eigenvalue weighted by molar-refractivity contribution is -0.132. The molecule has 2 aromatic carbocycles. The van der Waals surface area contributed by atoms with Crippen LogP contribution in [0.25, 0.3) is 6.08 Å². The fourth-order valence-corrected chi connectivity index (χ4v) is 2.37. The van der Waals surface area contributed by atoms with E-state index in [1.807, 2.05) is 6.07 Å². The number of hydrogen-bond acceptors (Lipinski definition) is 6. The first-order valence-electron chi connectivity index (χ1n) is 8.50. The molecule has 0 aliphatic carbocycles. The van der Waals surface area contributed by atoms with Gasteiger partial charge in [-0.1, -0.05) is 18.2 Å². The summed E-state index contributed by atoms with van der Waals surface area (Å²) in [4.78, 5) is 23.7. The average Bonchev–Trinajstić information content (AvgIpc) is 2.68. The highest BCUT2D eigenvalue weighted by molar-refractivity contribution is 6.10. The summed E-state index contributed by atoms with van der Waals surface area (Å²) >= 11 is 0. The smallest absolute Gasteiger partial charge is 0.308 e. The second-order valence-corrected chi connectivity index (χ2v) is 5.56. The lowest BCUT2D eigenvalue weighted by Gasteiger charge is -2.11. The van der Waals surface area contributed by atoms with Gasteiger partial charge in [-0.05, 0) is 42.8 Å². The number of rotatable bonds is 7. The minimum atomic E-state index is -0.575. The van der Waals surface area contributed by atoms with Gasteiger partial charge in [0.15, 0.2) is 11.5 Å². The highest BCUT2D eigenvalue weighted by atomic mass is 16.6. The molecule has 28 heavy (non-hydrogen) atoms. The summed E-state index contributed by atoms with van der Waals surface area (Å²) in [7, 11) is 1.49. The molecule has 0 saturated heterocycles. The van der Waals surface area contributed by atoms with Crippen LogP contribution in [0.4, 0.5) is 5.69 Å². The predicted molar refractivity (Wildman–Crippen MR) is 104 cm³/mol. The van der Waals surface area contributed by atoms with E-state index in [1.54, 1.807) is 49.4 Å². The van der Waals surface area contributed by atoms with Gasteiger partial charge in [0.1, 0.15) is 17.4 Å². The first kappa shape index (κ1) is 20.5. The van der Waals surface area contributed by atoms with Crippen molar-refractivity contribution in [2.75, 3.05) is 19.0 Å². The van der Waals surface area contributed by atoms with Crippen molar-refractivity contribution >= 4 is 23.6 Å². The third-order valence-corrected chi connectivity index (χ3v) is 3.55. The molecule has 0 bridgehead atoms. The number of benzene rings is 2. The van der Waals surface area contributed by atoms with E-state index in [0.29, 0.717) is 29.4 Å². The van der Waals surface area contributed by atoms with E-state index in [-0.39, 0.29) is 11.3 Å². The Morgan fingerprint density at radius 2 is 1.89 bits per heavy atom. The predicted octanol–water partition coefficient (Wildman–Crippen LogP) is 3.56. The third-order valence-electron chi connectivity index (χ3n) is 3.55. The summed E-state index contributed by atoms with van der Waals surface area (Å²) in [6, 6.07) is 13.5. The molecule has 0 saturated carbocycles. The highest BCUT2D eigenvalue weighted by Crippen LogP contribution is 2.30. The van der Waals surface area contributed by atoms with Gasteiger partial charge >= 0.3 is 5.97 Å². The second-order valence-electron chi connectivity index (χ2n) is 5.56. The molecule has 0 fully saturated rings. The average molecular weight is 380 g/mol. The van der Waals surface area contributed by atoms with Gasteiger partial charge in [-0.3, -0.25) is 9.59 Å². The first-order chi connectivity index (χ1) is 13.5. The van der Waals surface area contributed by atoms with E-state index in [9.17, 15) is 14.9 Å². The molecule has 2 aromatic rings. The lowest BCUT2D eigenvalue weighted by Crippen LogP contribution is -2.14. The Bertz CT molecular complexity index is 944. The number of ether oxygens (including phenoxy) is 3. The fourth-order valence-electron chi connectivity index (χ4n) is 2.37. The van der Waals surface area contributed by atoms with Crippen molar-refractivity contribution in [3.05, 3.63) is 53.6 Å². The van der Waals surface area contributed by atoms with Crippen LogP contribution in [-0.4, -0.2) is 25.6 Å². The maximum Gasteiger partial charge on any atom is 0.308 e. The summed E-state index contributed by atoms with van der Waals surface area (Å²) in [5.74, 6) is 0.0435. The van der Waals surface area contributed by atoms with Crippen LogP contribution in [0.1, 0.15) is 19.4 Å². The Hall–Kier alpha value is -3.79. The number of methoxy groups -OCH3 is 1. The molecule has 1 amide bonds. The zero-order valence-corrected chi connectivity index (χ0v) is 15.8. The molecule has 7 nitrogen and oxygen atoms in total. The summed E-state index contributed by atoms with van der Waals surface area (Å²) in [5.41, 5.74) is 0.899. The number of esters is 1. The number of carbonyl (C=O) groups excluding carboxylic acids is 2. The van der Waals surface area contributed by atoms with E-state index in [0.717, 1.165) is 0 Å². The number of anilines is 1. The summed E-state index contributed by atoms with van der Waals surface area (Å²) in [5, 5.41) is 12.1. The van der Waals surface area contributed by atoms with Crippen LogP contribution in [0.3, 0.4) is 0 Å². The molecule has 144 valence electrons. The largest absolute Gasteiger partial charge is 0.495 e. The Morgan fingerprint density at radius 3 is 2.54 bits per heavy atom. The molecule has 0 unspecified atom stereocenters. The quantitative estimate of drug-likeness (QED) is 0.341. The Labute approximate surface area is 163 Å². The number of nitrogens with zero attached hydrogens (tertiary/aromatic N) is 1. The van der Waals surface area contributed by atoms with Crippen LogP contribution in [0.5, 0.6) is 17.2 Å². The maximum absolute atomic E-state index is 12.5. The molecule has 0 radical (unpaired) electrons. The minimum Gasteiger partial charge on any atom is -0.495 e. The number of amides is 1. The standard InChI is InChI=1S/C21H20N2O5/c1-4-27-20-12-15(9-10-19(20)28-14(2)24)11-16(13-22)21(25)23-17-7-5-6-8-18(17)26-3/h5-12H,4H2,1-3H3,(H,23,25)/b16-11+. The molecule has 0 aromatic heterocycles. The molecule has 0 aliphatic rings. The molecule has 0 aliphatic heterocycles. The van der Waals surface area contributed by atoms with Crippen molar-refractivity contribution in [1.82, 2.24) is 0 Å². The molecular formula is C21H20N2O5. The van der Waals surface area contributed by atoms with Crippen LogP contribution >= 0.6 is 0 Å². The van der Waals surface area contributed by atoms with Crippen molar-refractivity contribution < 1.29 is 23.8 Å². The van der Waals surface area contributed by atoms with Gasteiger partial charge in [0.25, 0.3) is 5.91 Å². The van der Waals surface area contributed by atoms with Crippen molar-refractivity contribution in [1.29, 1.82) is 5.26 Å². The van der Waals surface area contributed by atoms with E-state index in [2.05, 4.69) is 5.32 Å². The first-order valence-corrected chi connectivity index (χ1v) is 8.50. The highest BCUT2D eigenvalue weighted by Gasteiger charge is 2.13. The molecule has 0 heterocycles. The van der Waals surface area contributed by atoms with E-state index < -0.39 is 11.9 Å². The van der Waals surface area contributed by atoms with Gasteiger partial charge in [-0.25, -0.2) is 0 Å². The zero-order valence-electron chi connectivity index (χ0n) is 15.8. The van der Waals surface area contributed by atoms with Crippen molar-refractivity contribution in [3.63, 3.8) is 0 Å². The summed E-state index contributed by atoms with van der Waals surface area (Å²) < 4.78 is 15.8. The SMILES string of the molecule is CCOc1cc(/C=C(\C#N)C(=O)Nc2ccccc2OC)ccc1OC(C)=O. The van der Waals surface area contributed by atoms with Crippen molar-refractivity contribution in [3.8, 4) is 23.3 Å². The molecule has 1 N–H and O–H groups in total. The normalized spacial score (nSPS) is 10.6. The Morgan fingerprint density at radius 1 is 1.14 bits per heavy atom. The number of nitriles is 1. The lowest BCUT2D eigenvalue weighted by atomic mass is 10.1. The third kappa shape index (κ3) is 5.35. The van der Waals surface area contributed by atoms with Crippen LogP contribution in [0, 0.1) is 11.3 Å². The van der Waals surface area contributed by atoms with E-state index in [4.69, 9.17) is 14.2 Å². The van der Waals surface area contributed by atoms with Gasteiger partial charge in [0, 0.05) is 6.92 Å². The Balaban J connectivity index is 2.30. The van der Waals surface area contributed by atoms with Gasteiger partial charge in [-0.15, -0.1) is 0 Å². The fraction of sp³-hybridized carbons (Fsp3) is 0.190. The summed E-state index contributed by atoms with van der Waals surface area (Å²) in [6.07, 6.45) is 1.42. The van der Waals surface area contributed by atoms with E-state index >= 15 is 0 Å². The van der Waals surface area contributed by atoms with Gasteiger partial charge in [0.2, 0.25) is 0 Å². The van der Waals surface area contributed by atoms with Crippen molar-refractivity contribution in [2.45, 2.75) is 13.8 Å². The molecule has 0 spiro atoms. The molecule has 0 atom stereocenters. The van der Waals surface area contributed by atoms with Crippen LogP contribution < -0.4 is 19.5 Å². The van der Waals surface area contributed by atoms with Gasteiger partial charge < -0.3 is 19.5 Å². The monoisotopic (exact) mass is 380 g/mol. The second kappa shape index (κ2) is 9.78. The van der Waals surface area contributed by atoms with Gasteiger partial charge in [-0.2, -0.15) is 5.26 Å². The van der Waals surface area contributed by atoms with Crippen LogP contribution in [0.15, 0.2) is 48.0 Å². The molecule has 7 heteroatoms. The number of nitrogens with one attached hydrogen (secondary N) is 1. The Kier molecular flexibility index (Phi) is 7.17. The number of carbonyl (C=O) groups is 2. The summed E-state index contributed by atoms with van der Waals surface area (Å²) in [6.45, 7) is 3.45. The van der Waals surface area contributed by atoms with Crippen LogP contribution in [-0.2, 0) is 9.59 Å². The van der Waals surface area contributed by atoms with Crippen molar-refractivity contribution in [2.24, 2.45) is 0 Å². The van der Waals surface area contributed by atoms with Crippen LogP contribution in [0.2, 0.25) is 0 Å². The topological polar surface area (TPSA) is 97.7 Å². The maximum atomic E-state index is 12.5.